The molecule has 0 aromatic rings. The van der Waals surface area contributed by atoms with Crippen LogP contribution in [0.3, 0.4) is 0 Å². The molecule has 0 amide bonds. The first-order valence-corrected chi connectivity index (χ1v) is 7.58. The molecule has 1 fully saturated rings. The molecule has 0 aliphatic carbocycles. The number of carboxylic acids is 1. The third kappa shape index (κ3) is 8.06. The molecule has 6 nitrogen and oxygen atoms in total. The molecule has 5 atom stereocenters. The van der Waals surface area contributed by atoms with E-state index in [9.17, 15) is 20.1 Å². The zero-order valence-corrected chi connectivity index (χ0v) is 13.1. The van der Waals surface area contributed by atoms with Crippen LogP contribution in [0.25, 0.3) is 0 Å². The highest BCUT2D eigenvalue weighted by Crippen LogP contribution is 2.29. The monoisotopic (exact) mass is 351 g/mol. The van der Waals surface area contributed by atoms with Crippen LogP contribution in [0.5, 0.6) is 0 Å². The number of carboxylic acid groups (broad SMARTS) is 1. The molecule has 1 rings (SSSR count). The molecule has 0 bridgehead atoms. The number of aliphatic hydroxyl groups excluding tert-OH is 3. The van der Waals surface area contributed by atoms with E-state index in [1.165, 1.54) is 18.2 Å². The smallest absolute Gasteiger partial charge is 0.307 e. The van der Waals surface area contributed by atoms with E-state index in [4.69, 9.17) is 22.2 Å². The van der Waals surface area contributed by atoms with Crippen molar-refractivity contribution in [3.63, 3.8) is 0 Å². The van der Waals surface area contributed by atoms with Gasteiger partial charge in [0.25, 0.3) is 0 Å². The van der Waals surface area contributed by atoms with Crippen molar-refractivity contribution in [2.75, 3.05) is 0 Å². The molecule has 1 aliphatic rings. The maximum Gasteiger partial charge on any atom is 0.307 e. The maximum absolute atomic E-state index is 10.6. The van der Waals surface area contributed by atoms with Gasteiger partial charge >= 0.3 is 5.97 Å². The summed E-state index contributed by atoms with van der Waals surface area (Å²) in [6.45, 7) is -3.45. The number of hydrogen-bond donors (Lipinski definition) is 4. The molecule has 1 unspecified atom stereocenters. The summed E-state index contributed by atoms with van der Waals surface area (Å²) >= 11 is 0. The van der Waals surface area contributed by atoms with Gasteiger partial charge in [0.1, 0.15) is 0 Å². The number of carbonyl (C=O) groups is 1. The SMILES string of the molecule is [2H]C([2H])([2H])C([2H])([2H])C([2H])([2H])C([2H])([2H])C[C@H](O)/C=C/[C@H]1OC(O)C[C@H](O)[C@@H]1C/C=C\CC(=O)O. The number of aliphatic carboxylic acids is 1. The minimum Gasteiger partial charge on any atom is -0.481 e. The van der Waals surface area contributed by atoms with E-state index in [-0.39, 0.29) is 19.3 Å². The van der Waals surface area contributed by atoms with Crippen molar-refractivity contribution in [1.82, 2.24) is 0 Å². The van der Waals surface area contributed by atoms with Crippen molar-refractivity contribution in [3.8, 4) is 0 Å². The molecule has 1 aliphatic heterocycles. The molecule has 0 aromatic heterocycles. The predicted molar refractivity (Wildman–Crippen MR) is 90.3 cm³/mol. The summed E-state index contributed by atoms with van der Waals surface area (Å²) in [6.07, 6.45) is -11.1. The van der Waals surface area contributed by atoms with Gasteiger partial charge in [-0.15, -0.1) is 0 Å². The first kappa shape index (κ1) is 10.7. The standard InChI is InChI=1S/C18H30O6/c1-2-3-4-7-13(19)10-11-16-14(8-5-6-9-17(21)22)15(20)12-18(23)24-16/h5-6,10-11,13-16,18-20,23H,2-4,7-9,12H2,1H3,(H,21,22)/b6-5-,11-10+/t13-,14-,15-,16+,18?/m0/s1/i1D3,2D2,3D2,4D2. The lowest BCUT2D eigenvalue weighted by molar-refractivity contribution is -0.199. The van der Waals surface area contributed by atoms with E-state index in [1.807, 2.05) is 0 Å². The Morgan fingerprint density at radius 1 is 1.42 bits per heavy atom. The first-order chi connectivity index (χ1) is 14.8. The second-order valence-corrected chi connectivity index (χ2v) is 5.41. The summed E-state index contributed by atoms with van der Waals surface area (Å²) in [7, 11) is 0. The van der Waals surface area contributed by atoms with Gasteiger partial charge in [-0.2, -0.15) is 0 Å². The van der Waals surface area contributed by atoms with Crippen LogP contribution in [-0.2, 0) is 9.53 Å². The molecule has 0 aromatic carbocycles. The summed E-state index contributed by atoms with van der Waals surface area (Å²) in [5, 5.41) is 38.9. The zero-order chi connectivity index (χ0) is 25.8. The Kier molecular flexibility index (Phi) is 5.07. The van der Waals surface area contributed by atoms with Crippen LogP contribution in [0, 0.1) is 5.92 Å². The highest BCUT2D eigenvalue weighted by Gasteiger charge is 2.35. The van der Waals surface area contributed by atoms with E-state index in [0.29, 0.717) is 0 Å². The van der Waals surface area contributed by atoms with Crippen LogP contribution >= 0.6 is 0 Å². The highest BCUT2D eigenvalue weighted by molar-refractivity contribution is 5.68. The molecule has 24 heavy (non-hydrogen) atoms. The Bertz CT molecular complexity index is 723. The van der Waals surface area contributed by atoms with Gasteiger partial charge in [0.2, 0.25) is 0 Å². The summed E-state index contributed by atoms with van der Waals surface area (Å²) in [5.74, 6) is -1.67. The summed E-state index contributed by atoms with van der Waals surface area (Å²) < 4.78 is 73.5. The van der Waals surface area contributed by atoms with Crippen LogP contribution in [0.4, 0.5) is 0 Å². The number of allylic oxidation sites excluding steroid dienone is 1. The minimum absolute atomic E-state index is 0.0999. The number of aliphatic hydroxyl groups is 3. The Morgan fingerprint density at radius 2 is 2.21 bits per heavy atom. The Balaban J connectivity index is 2.96. The molecule has 1 saturated heterocycles. The van der Waals surface area contributed by atoms with Crippen LogP contribution in [0.15, 0.2) is 24.3 Å². The van der Waals surface area contributed by atoms with Crippen molar-refractivity contribution in [3.05, 3.63) is 24.3 Å². The van der Waals surface area contributed by atoms with Crippen LogP contribution in [-0.4, -0.2) is 51.0 Å². The Morgan fingerprint density at radius 3 is 2.92 bits per heavy atom. The molecule has 6 heteroatoms. The van der Waals surface area contributed by atoms with Crippen molar-refractivity contribution >= 4 is 5.97 Å². The third-order valence-corrected chi connectivity index (χ3v) is 3.53. The predicted octanol–water partition coefficient (Wildman–Crippen LogP) is 1.99. The minimum atomic E-state index is -3.54. The molecule has 0 spiro atoms. The van der Waals surface area contributed by atoms with Crippen LogP contribution in [0.1, 0.15) is 64.0 Å². The summed E-state index contributed by atoms with van der Waals surface area (Å²) in [5.41, 5.74) is 0. The molecule has 0 radical (unpaired) electrons. The molecular formula is C18H30O6. The van der Waals surface area contributed by atoms with E-state index in [0.717, 1.165) is 6.08 Å². The normalized spacial score (nSPS) is 37.2. The van der Waals surface area contributed by atoms with Gasteiger partial charge in [-0.25, -0.2) is 0 Å². The van der Waals surface area contributed by atoms with Gasteiger partial charge in [-0.3, -0.25) is 4.79 Å². The lowest BCUT2D eigenvalue weighted by Crippen LogP contribution is -2.43. The van der Waals surface area contributed by atoms with E-state index in [1.54, 1.807) is 0 Å². The zero-order valence-electron chi connectivity index (χ0n) is 22.1. The molecule has 4 N–H and O–H groups in total. The van der Waals surface area contributed by atoms with Crippen molar-refractivity contribution in [2.45, 2.75) is 76.3 Å². The number of rotatable bonds is 10. The van der Waals surface area contributed by atoms with Crippen molar-refractivity contribution < 1.29 is 42.3 Å². The van der Waals surface area contributed by atoms with Gasteiger partial charge in [0, 0.05) is 24.7 Å². The molecule has 1 heterocycles. The lowest BCUT2D eigenvalue weighted by atomic mass is 9.87. The van der Waals surface area contributed by atoms with Gasteiger partial charge < -0.3 is 25.2 Å². The van der Waals surface area contributed by atoms with Crippen LogP contribution < -0.4 is 0 Å². The molecular weight excluding hydrogens is 312 g/mol. The van der Waals surface area contributed by atoms with E-state index in [2.05, 4.69) is 0 Å². The largest absolute Gasteiger partial charge is 0.481 e. The fourth-order valence-corrected chi connectivity index (χ4v) is 2.36. The molecule has 138 valence electrons. The van der Waals surface area contributed by atoms with Gasteiger partial charge in [-0.1, -0.05) is 50.3 Å². The fraction of sp³-hybridized carbons (Fsp3) is 0.722. The number of ether oxygens (including phenoxy) is 1. The average molecular weight is 351 g/mol. The van der Waals surface area contributed by atoms with Crippen molar-refractivity contribution in [1.29, 1.82) is 0 Å². The topological polar surface area (TPSA) is 107 Å². The highest BCUT2D eigenvalue weighted by atomic mass is 16.6. The summed E-state index contributed by atoms with van der Waals surface area (Å²) in [4.78, 5) is 10.6. The Hall–Kier alpha value is -1.21. The van der Waals surface area contributed by atoms with Crippen LogP contribution in [0.2, 0.25) is 0 Å². The average Bonchev–Trinajstić information content (AvgIpc) is 2.62. The second kappa shape index (κ2) is 11.4. The summed E-state index contributed by atoms with van der Waals surface area (Å²) in [6, 6.07) is 0. The first-order valence-electron chi connectivity index (χ1n) is 12.1. The van der Waals surface area contributed by atoms with E-state index < -0.39 is 68.9 Å². The van der Waals surface area contributed by atoms with E-state index >= 15 is 0 Å². The molecule has 0 saturated carbocycles. The number of hydrogen-bond acceptors (Lipinski definition) is 5. The van der Waals surface area contributed by atoms with Gasteiger partial charge in [0.05, 0.1) is 24.7 Å². The van der Waals surface area contributed by atoms with Crippen molar-refractivity contribution in [2.24, 2.45) is 5.92 Å². The van der Waals surface area contributed by atoms with Gasteiger partial charge in [-0.05, 0) is 12.8 Å². The lowest BCUT2D eigenvalue weighted by Gasteiger charge is -2.36. The second-order valence-electron chi connectivity index (χ2n) is 5.41. The quantitative estimate of drug-likeness (QED) is 0.448. The van der Waals surface area contributed by atoms with Gasteiger partial charge in [0.15, 0.2) is 6.29 Å². The Labute approximate surface area is 156 Å². The fourth-order valence-electron chi connectivity index (χ4n) is 2.36. The third-order valence-electron chi connectivity index (χ3n) is 3.53. The maximum atomic E-state index is 10.6.